The van der Waals surface area contributed by atoms with Crippen LogP contribution < -0.4 is 0 Å². The first kappa shape index (κ1) is 17.0. The Kier molecular flexibility index (Phi) is 5.76. The predicted molar refractivity (Wildman–Crippen MR) is 83.9 cm³/mol. The van der Waals surface area contributed by atoms with Crippen molar-refractivity contribution in [3.05, 3.63) is 65.5 Å². The summed E-state index contributed by atoms with van der Waals surface area (Å²) in [5.74, 6) is -1.91. The number of carbonyl (C=O) groups is 1. The van der Waals surface area contributed by atoms with Crippen molar-refractivity contribution in [1.29, 1.82) is 0 Å². The Balaban J connectivity index is 2.24. The molecule has 0 radical (unpaired) electrons. The molecule has 0 aliphatic rings. The van der Waals surface area contributed by atoms with Crippen LogP contribution in [-0.4, -0.2) is 47.9 Å². The number of likely N-dealkylation sites (N-methyl/N-ethyl adjacent to an activating group) is 1. The fourth-order valence-corrected chi connectivity index (χ4v) is 2.09. The van der Waals surface area contributed by atoms with Crippen molar-refractivity contribution in [2.75, 3.05) is 27.2 Å². The van der Waals surface area contributed by atoms with E-state index in [0.717, 1.165) is 18.2 Å². The lowest BCUT2D eigenvalue weighted by molar-refractivity contribution is 0.0724. The Labute approximate surface area is 134 Å². The van der Waals surface area contributed by atoms with Crippen molar-refractivity contribution in [1.82, 2.24) is 14.8 Å². The van der Waals surface area contributed by atoms with Gasteiger partial charge in [-0.3, -0.25) is 9.78 Å². The summed E-state index contributed by atoms with van der Waals surface area (Å²) >= 11 is 0. The zero-order valence-corrected chi connectivity index (χ0v) is 13.2. The maximum Gasteiger partial charge on any atom is 0.257 e. The second-order valence-electron chi connectivity index (χ2n) is 5.48. The summed E-state index contributed by atoms with van der Waals surface area (Å²) in [6.45, 7) is 1.23. The standard InChI is InChI=1S/C17H19F2N3O/c1-21(2)9-10-22(12-14-5-3-4-8-20-14)17(23)15-11-13(18)6-7-16(15)19/h3-8,11H,9-10,12H2,1-2H3. The fraction of sp³-hybridized carbons (Fsp3) is 0.294. The minimum atomic E-state index is -0.729. The van der Waals surface area contributed by atoms with Gasteiger partial charge in [0.05, 0.1) is 17.8 Å². The van der Waals surface area contributed by atoms with Gasteiger partial charge in [0, 0.05) is 19.3 Å². The van der Waals surface area contributed by atoms with E-state index in [1.165, 1.54) is 4.90 Å². The van der Waals surface area contributed by atoms with Crippen LogP contribution in [0.25, 0.3) is 0 Å². The van der Waals surface area contributed by atoms with Crippen molar-refractivity contribution in [2.24, 2.45) is 0 Å². The maximum absolute atomic E-state index is 13.9. The Bertz CT molecular complexity index is 662. The van der Waals surface area contributed by atoms with Crippen molar-refractivity contribution in [3.8, 4) is 0 Å². The highest BCUT2D eigenvalue weighted by molar-refractivity contribution is 5.94. The van der Waals surface area contributed by atoms with E-state index in [9.17, 15) is 13.6 Å². The van der Waals surface area contributed by atoms with Gasteiger partial charge < -0.3 is 9.80 Å². The second kappa shape index (κ2) is 7.78. The van der Waals surface area contributed by atoms with Crippen LogP contribution in [0.3, 0.4) is 0 Å². The number of hydrogen-bond donors (Lipinski definition) is 0. The number of hydrogen-bond acceptors (Lipinski definition) is 3. The number of benzene rings is 1. The van der Waals surface area contributed by atoms with E-state index in [1.54, 1.807) is 18.3 Å². The Morgan fingerprint density at radius 3 is 2.57 bits per heavy atom. The van der Waals surface area contributed by atoms with Crippen LogP contribution in [0.1, 0.15) is 16.1 Å². The van der Waals surface area contributed by atoms with Gasteiger partial charge in [0.25, 0.3) is 5.91 Å². The van der Waals surface area contributed by atoms with Gasteiger partial charge >= 0.3 is 0 Å². The quantitative estimate of drug-likeness (QED) is 0.821. The number of rotatable bonds is 6. The molecule has 0 bridgehead atoms. The van der Waals surface area contributed by atoms with Gasteiger partial charge in [0.2, 0.25) is 0 Å². The molecule has 1 aromatic carbocycles. The Morgan fingerprint density at radius 2 is 1.91 bits per heavy atom. The summed E-state index contributed by atoms with van der Waals surface area (Å²) in [7, 11) is 3.76. The molecule has 1 heterocycles. The summed E-state index contributed by atoms with van der Waals surface area (Å²) in [6.07, 6.45) is 1.63. The van der Waals surface area contributed by atoms with Crippen LogP contribution in [0.2, 0.25) is 0 Å². The highest BCUT2D eigenvalue weighted by Gasteiger charge is 2.20. The first-order valence-electron chi connectivity index (χ1n) is 7.26. The summed E-state index contributed by atoms with van der Waals surface area (Å²) < 4.78 is 27.2. The number of aromatic nitrogens is 1. The van der Waals surface area contributed by atoms with E-state index in [4.69, 9.17) is 0 Å². The molecule has 0 saturated carbocycles. The lowest BCUT2D eigenvalue weighted by atomic mass is 10.1. The van der Waals surface area contributed by atoms with Gasteiger partial charge in [-0.25, -0.2) is 8.78 Å². The summed E-state index contributed by atoms with van der Waals surface area (Å²) in [4.78, 5) is 20.2. The number of halogens is 2. The largest absolute Gasteiger partial charge is 0.331 e. The SMILES string of the molecule is CN(C)CCN(Cc1ccccn1)C(=O)c1cc(F)ccc1F. The molecule has 0 saturated heterocycles. The second-order valence-corrected chi connectivity index (χ2v) is 5.48. The lowest BCUT2D eigenvalue weighted by Gasteiger charge is -2.24. The molecule has 0 atom stereocenters. The molecule has 0 spiro atoms. The zero-order valence-electron chi connectivity index (χ0n) is 13.2. The molecule has 1 amide bonds. The van der Waals surface area contributed by atoms with Gasteiger partial charge in [-0.1, -0.05) is 6.07 Å². The normalized spacial score (nSPS) is 10.8. The number of amides is 1. The van der Waals surface area contributed by atoms with Gasteiger partial charge in [-0.15, -0.1) is 0 Å². The predicted octanol–water partition coefficient (Wildman–Crippen LogP) is 2.56. The van der Waals surface area contributed by atoms with E-state index >= 15 is 0 Å². The van der Waals surface area contributed by atoms with Gasteiger partial charge in [-0.05, 0) is 44.4 Å². The molecule has 2 rings (SSSR count). The molecule has 0 fully saturated rings. The minimum absolute atomic E-state index is 0.240. The third-order valence-corrected chi connectivity index (χ3v) is 3.34. The fourth-order valence-electron chi connectivity index (χ4n) is 2.09. The zero-order chi connectivity index (χ0) is 16.8. The van der Waals surface area contributed by atoms with Crippen LogP contribution in [0.15, 0.2) is 42.6 Å². The van der Waals surface area contributed by atoms with Crippen molar-refractivity contribution >= 4 is 5.91 Å². The molecule has 1 aromatic heterocycles. The molecule has 6 heteroatoms. The molecule has 0 N–H and O–H groups in total. The molecule has 23 heavy (non-hydrogen) atoms. The van der Waals surface area contributed by atoms with Crippen molar-refractivity contribution in [2.45, 2.75) is 6.54 Å². The van der Waals surface area contributed by atoms with Gasteiger partial charge in [-0.2, -0.15) is 0 Å². The van der Waals surface area contributed by atoms with Crippen molar-refractivity contribution < 1.29 is 13.6 Å². The highest BCUT2D eigenvalue weighted by atomic mass is 19.1. The smallest absolute Gasteiger partial charge is 0.257 e. The van der Waals surface area contributed by atoms with Gasteiger partial charge in [0.1, 0.15) is 11.6 Å². The first-order chi connectivity index (χ1) is 11.0. The lowest BCUT2D eigenvalue weighted by Crippen LogP contribution is -2.37. The topological polar surface area (TPSA) is 36.4 Å². The summed E-state index contributed by atoms with van der Waals surface area (Å²) in [5.41, 5.74) is 0.427. The van der Waals surface area contributed by atoms with Crippen LogP contribution in [0.5, 0.6) is 0 Å². The third kappa shape index (κ3) is 4.82. The van der Waals surface area contributed by atoms with Crippen LogP contribution >= 0.6 is 0 Å². The minimum Gasteiger partial charge on any atom is -0.331 e. The molecule has 2 aromatic rings. The van der Waals surface area contributed by atoms with E-state index < -0.39 is 17.5 Å². The highest BCUT2D eigenvalue weighted by Crippen LogP contribution is 2.14. The van der Waals surface area contributed by atoms with Crippen LogP contribution in [0, 0.1) is 11.6 Å². The summed E-state index contributed by atoms with van der Waals surface area (Å²) in [5, 5.41) is 0. The summed E-state index contributed by atoms with van der Waals surface area (Å²) in [6, 6.07) is 8.28. The molecular weight excluding hydrogens is 300 g/mol. The average Bonchev–Trinajstić information content (AvgIpc) is 2.54. The van der Waals surface area contributed by atoms with Crippen LogP contribution in [-0.2, 0) is 6.54 Å². The molecule has 4 nitrogen and oxygen atoms in total. The Hall–Kier alpha value is -2.34. The van der Waals surface area contributed by atoms with Crippen LogP contribution in [0.4, 0.5) is 8.78 Å². The molecule has 0 aliphatic carbocycles. The van der Waals surface area contributed by atoms with E-state index in [1.807, 2.05) is 25.1 Å². The molecular formula is C17H19F2N3O. The first-order valence-corrected chi connectivity index (χ1v) is 7.26. The van der Waals surface area contributed by atoms with E-state index in [-0.39, 0.29) is 12.1 Å². The molecule has 122 valence electrons. The number of nitrogens with zero attached hydrogens (tertiary/aromatic N) is 3. The molecule has 0 unspecified atom stereocenters. The Morgan fingerprint density at radius 1 is 1.13 bits per heavy atom. The molecule has 0 aliphatic heterocycles. The van der Waals surface area contributed by atoms with E-state index in [2.05, 4.69) is 4.98 Å². The monoisotopic (exact) mass is 319 g/mol. The number of pyridine rings is 1. The third-order valence-electron chi connectivity index (χ3n) is 3.34. The van der Waals surface area contributed by atoms with E-state index in [0.29, 0.717) is 18.8 Å². The average molecular weight is 319 g/mol. The maximum atomic E-state index is 13.9. The number of carbonyl (C=O) groups excluding carboxylic acids is 1. The van der Waals surface area contributed by atoms with Crippen molar-refractivity contribution in [3.63, 3.8) is 0 Å². The van der Waals surface area contributed by atoms with Gasteiger partial charge in [0.15, 0.2) is 0 Å².